The molecule has 0 heterocycles. The minimum absolute atomic E-state index is 0.0496. The van der Waals surface area contributed by atoms with Crippen molar-refractivity contribution >= 4 is 35.0 Å². The van der Waals surface area contributed by atoms with Crippen LogP contribution in [0.3, 0.4) is 0 Å². The monoisotopic (exact) mass is 448 g/mol. The molecule has 0 aliphatic heterocycles. The van der Waals surface area contributed by atoms with Gasteiger partial charge in [-0.2, -0.15) is 0 Å². The lowest BCUT2D eigenvalue weighted by atomic mass is 10.1. The van der Waals surface area contributed by atoms with E-state index in [4.69, 9.17) is 23.2 Å². The molecule has 0 saturated heterocycles. The molecule has 0 aliphatic rings. The molecule has 2 atom stereocenters. The molecule has 162 valence electrons. The highest BCUT2D eigenvalue weighted by Gasteiger charge is 2.29. The Morgan fingerprint density at radius 3 is 2.27 bits per heavy atom. The summed E-state index contributed by atoms with van der Waals surface area (Å²) in [5.74, 6) is -0.277. The van der Waals surface area contributed by atoms with Crippen molar-refractivity contribution in [3.63, 3.8) is 0 Å². The van der Waals surface area contributed by atoms with E-state index in [1.54, 1.807) is 23.1 Å². The molecule has 6 heteroatoms. The van der Waals surface area contributed by atoms with Crippen LogP contribution in [0, 0.1) is 6.92 Å². The first kappa shape index (κ1) is 24.2. The SMILES string of the molecule is CC[C@H](C(=O)N[C@@H](C)CC)N(Cc1ccc(C)cc1)C(=O)Cc1ccc(Cl)cc1Cl. The summed E-state index contributed by atoms with van der Waals surface area (Å²) >= 11 is 12.3. The lowest BCUT2D eigenvalue weighted by molar-refractivity contribution is -0.141. The molecule has 30 heavy (non-hydrogen) atoms. The minimum atomic E-state index is -0.557. The number of amides is 2. The third-order valence-electron chi connectivity index (χ3n) is 5.22. The zero-order valence-electron chi connectivity index (χ0n) is 18.0. The Morgan fingerprint density at radius 1 is 1.03 bits per heavy atom. The molecule has 2 aromatic rings. The molecule has 2 rings (SSSR count). The second kappa shape index (κ2) is 11.4. The summed E-state index contributed by atoms with van der Waals surface area (Å²) < 4.78 is 0. The molecular weight excluding hydrogens is 419 g/mol. The highest BCUT2D eigenvalue weighted by molar-refractivity contribution is 6.35. The fourth-order valence-corrected chi connectivity index (χ4v) is 3.66. The number of hydrogen-bond acceptors (Lipinski definition) is 2. The van der Waals surface area contributed by atoms with Gasteiger partial charge in [0.15, 0.2) is 0 Å². The van der Waals surface area contributed by atoms with Gasteiger partial charge in [-0.25, -0.2) is 0 Å². The van der Waals surface area contributed by atoms with Crippen LogP contribution in [0.5, 0.6) is 0 Å². The van der Waals surface area contributed by atoms with Crippen molar-refractivity contribution in [3.05, 3.63) is 69.2 Å². The van der Waals surface area contributed by atoms with Crippen molar-refractivity contribution in [3.8, 4) is 0 Å². The summed E-state index contributed by atoms with van der Waals surface area (Å²) in [7, 11) is 0. The molecule has 2 amide bonds. The van der Waals surface area contributed by atoms with E-state index in [2.05, 4.69) is 5.32 Å². The Hall–Kier alpha value is -2.04. The van der Waals surface area contributed by atoms with Gasteiger partial charge in [0.25, 0.3) is 0 Å². The number of aryl methyl sites for hydroxylation is 1. The Labute approximate surface area is 189 Å². The maximum atomic E-state index is 13.3. The van der Waals surface area contributed by atoms with Crippen LogP contribution < -0.4 is 5.32 Å². The quantitative estimate of drug-likeness (QED) is 0.545. The van der Waals surface area contributed by atoms with E-state index in [9.17, 15) is 9.59 Å². The lowest BCUT2D eigenvalue weighted by Gasteiger charge is -2.31. The van der Waals surface area contributed by atoms with Crippen molar-refractivity contribution < 1.29 is 9.59 Å². The molecule has 1 N–H and O–H groups in total. The van der Waals surface area contributed by atoms with Crippen molar-refractivity contribution in [2.75, 3.05) is 0 Å². The maximum Gasteiger partial charge on any atom is 0.243 e. The number of nitrogens with one attached hydrogen (secondary N) is 1. The Balaban J connectivity index is 2.31. The molecular formula is C24H30Cl2N2O2. The summed E-state index contributed by atoms with van der Waals surface area (Å²) in [5, 5.41) is 3.99. The van der Waals surface area contributed by atoms with Crippen LogP contribution >= 0.6 is 23.2 Å². The predicted molar refractivity (Wildman–Crippen MR) is 124 cm³/mol. The van der Waals surface area contributed by atoms with E-state index in [0.29, 0.717) is 28.6 Å². The zero-order valence-corrected chi connectivity index (χ0v) is 19.6. The fourth-order valence-electron chi connectivity index (χ4n) is 3.18. The first-order chi connectivity index (χ1) is 14.2. The summed E-state index contributed by atoms with van der Waals surface area (Å²) in [6.45, 7) is 8.28. The Bertz CT molecular complexity index is 868. The topological polar surface area (TPSA) is 49.4 Å². The van der Waals surface area contributed by atoms with Crippen LogP contribution in [-0.2, 0) is 22.6 Å². The average Bonchev–Trinajstić information content (AvgIpc) is 2.71. The largest absolute Gasteiger partial charge is 0.352 e. The van der Waals surface area contributed by atoms with Gasteiger partial charge in [0.05, 0.1) is 6.42 Å². The predicted octanol–water partition coefficient (Wildman–Crippen LogP) is 5.57. The molecule has 4 nitrogen and oxygen atoms in total. The average molecular weight is 449 g/mol. The van der Waals surface area contributed by atoms with Gasteiger partial charge >= 0.3 is 0 Å². The van der Waals surface area contributed by atoms with Gasteiger partial charge in [-0.15, -0.1) is 0 Å². The van der Waals surface area contributed by atoms with Crippen LogP contribution in [0.2, 0.25) is 10.0 Å². The highest BCUT2D eigenvalue weighted by Crippen LogP contribution is 2.23. The molecule has 0 fully saturated rings. The normalized spacial score (nSPS) is 12.9. The standard InChI is InChI=1S/C24H30Cl2N2O2/c1-5-17(4)27-24(30)22(6-2)28(15-18-9-7-16(3)8-10-18)23(29)13-19-11-12-20(25)14-21(19)26/h7-12,14,17,22H,5-6,13,15H2,1-4H3,(H,27,30)/t17-,22+/m0/s1. The third-order valence-corrected chi connectivity index (χ3v) is 5.80. The zero-order chi connectivity index (χ0) is 22.3. The third kappa shape index (κ3) is 6.75. The first-order valence-corrected chi connectivity index (χ1v) is 11.1. The van der Waals surface area contributed by atoms with Gasteiger partial charge in [-0.3, -0.25) is 9.59 Å². The Morgan fingerprint density at radius 2 is 1.70 bits per heavy atom. The smallest absolute Gasteiger partial charge is 0.243 e. The van der Waals surface area contributed by atoms with E-state index in [1.807, 2.05) is 52.0 Å². The number of carbonyl (C=O) groups is 2. The highest BCUT2D eigenvalue weighted by atomic mass is 35.5. The van der Waals surface area contributed by atoms with E-state index in [1.165, 1.54) is 0 Å². The van der Waals surface area contributed by atoms with Gasteiger partial charge in [0.1, 0.15) is 6.04 Å². The van der Waals surface area contributed by atoms with Crippen molar-refractivity contribution in [2.45, 2.75) is 65.6 Å². The molecule has 0 bridgehead atoms. The lowest BCUT2D eigenvalue weighted by Crippen LogP contribution is -2.51. The van der Waals surface area contributed by atoms with Gasteiger partial charge in [0.2, 0.25) is 11.8 Å². The number of nitrogens with zero attached hydrogens (tertiary/aromatic N) is 1. The van der Waals surface area contributed by atoms with Gasteiger partial charge in [-0.05, 0) is 49.9 Å². The van der Waals surface area contributed by atoms with Crippen LogP contribution in [0.4, 0.5) is 0 Å². The maximum absolute atomic E-state index is 13.3. The number of hydrogen-bond donors (Lipinski definition) is 1. The Kier molecular flexibility index (Phi) is 9.19. The van der Waals surface area contributed by atoms with Gasteiger partial charge < -0.3 is 10.2 Å². The number of halogens is 2. The molecule has 0 spiro atoms. The second-order valence-electron chi connectivity index (χ2n) is 7.66. The van der Waals surface area contributed by atoms with E-state index >= 15 is 0 Å². The van der Waals surface area contributed by atoms with Crippen LogP contribution in [-0.4, -0.2) is 28.8 Å². The summed E-state index contributed by atoms with van der Waals surface area (Å²) in [6, 6.07) is 12.6. The molecule has 0 saturated carbocycles. The fraction of sp³-hybridized carbons (Fsp3) is 0.417. The van der Waals surface area contributed by atoms with Crippen molar-refractivity contribution in [1.29, 1.82) is 0 Å². The molecule has 0 aromatic heterocycles. The van der Waals surface area contributed by atoms with Crippen LogP contribution in [0.1, 0.15) is 50.3 Å². The van der Waals surface area contributed by atoms with Crippen LogP contribution in [0.15, 0.2) is 42.5 Å². The molecule has 0 aliphatic carbocycles. The molecule has 0 radical (unpaired) electrons. The van der Waals surface area contributed by atoms with E-state index in [0.717, 1.165) is 17.5 Å². The number of benzene rings is 2. The van der Waals surface area contributed by atoms with Gasteiger partial charge in [0, 0.05) is 22.6 Å². The summed E-state index contributed by atoms with van der Waals surface area (Å²) in [5.41, 5.74) is 2.81. The van der Waals surface area contributed by atoms with E-state index < -0.39 is 6.04 Å². The first-order valence-electron chi connectivity index (χ1n) is 10.3. The summed E-state index contributed by atoms with van der Waals surface area (Å²) in [6.07, 6.45) is 1.46. The summed E-state index contributed by atoms with van der Waals surface area (Å²) in [4.78, 5) is 27.9. The van der Waals surface area contributed by atoms with Gasteiger partial charge in [-0.1, -0.05) is 72.9 Å². The van der Waals surface area contributed by atoms with Crippen molar-refractivity contribution in [1.82, 2.24) is 10.2 Å². The number of carbonyl (C=O) groups excluding carboxylic acids is 2. The number of rotatable bonds is 9. The van der Waals surface area contributed by atoms with Crippen LogP contribution in [0.25, 0.3) is 0 Å². The van der Waals surface area contributed by atoms with E-state index in [-0.39, 0.29) is 24.3 Å². The molecule has 2 aromatic carbocycles. The molecule has 0 unspecified atom stereocenters. The van der Waals surface area contributed by atoms with Crippen molar-refractivity contribution in [2.24, 2.45) is 0 Å². The minimum Gasteiger partial charge on any atom is -0.352 e. The second-order valence-corrected chi connectivity index (χ2v) is 8.51.